The zero-order valence-corrected chi connectivity index (χ0v) is 20.0. The summed E-state index contributed by atoms with van der Waals surface area (Å²) in [6.07, 6.45) is 9.41. The number of piperidine rings is 3. The van der Waals surface area contributed by atoms with Crippen LogP contribution in [0, 0.1) is 11.8 Å². The molecule has 4 heterocycles. The van der Waals surface area contributed by atoms with Crippen LogP contribution < -0.4 is 4.74 Å². The molecule has 3 saturated heterocycles. The molecule has 2 aromatic rings. The maximum atomic E-state index is 13.7. The first kappa shape index (κ1) is 21.2. The number of carbonyl (C=O) groups excluding carboxylic acids is 1. The normalized spacial score (nSPS) is 29.3. The van der Waals surface area contributed by atoms with Crippen LogP contribution in [0.25, 0.3) is 0 Å². The van der Waals surface area contributed by atoms with Crippen LogP contribution in [0.15, 0.2) is 24.3 Å². The zero-order chi connectivity index (χ0) is 22.5. The highest BCUT2D eigenvalue weighted by atomic mass is 16.5. The highest BCUT2D eigenvalue weighted by Gasteiger charge is 2.46. The lowest BCUT2D eigenvalue weighted by Gasteiger charge is -2.55. The lowest BCUT2D eigenvalue weighted by atomic mass is 9.73. The molecular weight excluding hydrogens is 412 g/mol. The van der Waals surface area contributed by atoms with Gasteiger partial charge in [-0.05, 0) is 80.9 Å². The van der Waals surface area contributed by atoms with E-state index in [0.29, 0.717) is 23.9 Å². The lowest BCUT2D eigenvalue weighted by molar-refractivity contribution is -0.0513. The fourth-order valence-electron chi connectivity index (χ4n) is 7.26. The van der Waals surface area contributed by atoms with E-state index in [1.807, 2.05) is 11.7 Å². The molecule has 1 aromatic heterocycles. The van der Waals surface area contributed by atoms with Gasteiger partial charge in [0.2, 0.25) is 0 Å². The Morgan fingerprint density at radius 2 is 1.85 bits per heavy atom. The quantitative estimate of drug-likeness (QED) is 0.712. The monoisotopic (exact) mass is 448 g/mol. The molecule has 33 heavy (non-hydrogen) atoms. The SMILES string of the molecule is COc1ccc([C@H]2CCC[C@H]3[C@@H]4C[C@@H](CN(C(=O)c5c6c(nn5C)CCCC6)C4)CN23)cc1. The number of nitrogens with zero attached hydrogens (tertiary/aromatic N) is 4. The summed E-state index contributed by atoms with van der Waals surface area (Å²) in [5.41, 5.74) is 4.66. The molecule has 0 spiro atoms. The van der Waals surface area contributed by atoms with Crippen LogP contribution in [0.3, 0.4) is 0 Å². The minimum Gasteiger partial charge on any atom is -0.497 e. The number of fused-ring (bicyclic) bond motifs is 5. The second-order valence-electron chi connectivity index (χ2n) is 10.7. The predicted molar refractivity (Wildman–Crippen MR) is 127 cm³/mol. The number of carbonyl (C=O) groups is 1. The largest absolute Gasteiger partial charge is 0.497 e. The third-order valence-corrected chi connectivity index (χ3v) is 8.70. The van der Waals surface area contributed by atoms with Crippen molar-refractivity contribution in [1.29, 1.82) is 0 Å². The first-order valence-electron chi connectivity index (χ1n) is 12.9. The van der Waals surface area contributed by atoms with Crippen LogP contribution in [-0.2, 0) is 19.9 Å². The van der Waals surface area contributed by atoms with Crippen molar-refractivity contribution in [2.24, 2.45) is 18.9 Å². The van der Waals surface area contributed by atoms with Gasteiger partial charge in [-0.25, -0.2) is 0 Å². The molecule has 2 bridgehead atoms. The van der Waals surface area contributed by atoms with Crippen molar-refractivity contribution in [3.05, 3.63) is 46.8 Å². The highest BCUT2D eigenvalue weighted by Crippen LogP contribution is 2.45. The van der Waals surface area contributed by atoms with Crippen molar-refractivity contribution in [1.82, 2.24) is 19.6 Å². The summed E-state index contributed by atoms with van der Waals surface area (Å²) >= 11 is 0. The average Bonchev–Trinajstić information content (AvgIpc) is 3.19. The van der Waals surface area contributed by atoms with Crippen molar-refractivity contribution in [2.75, 3.05) is 26.7 Å². The molecule has 4 atom stereocenters. The number of benzene rings is 1. The summed E-state index contributed by atoms with van der Waals surface area (Å²) in [4.78, 5) is 18.7. The number of aromatic nitrogens is 2. The van der Waals surface area contributed by atoms with Crippen LogP contribution in [-0.4, -0.2) is 58.3 Å². The Morgan fingerprint density at radius 1 is 1.03 bits per heavy atom. The van der Waals surface area contributed by atoms with E-state index < -0.39 is 0 Å². The van der Waals surface area contributed by atoms with E-state index >= 15 is 0 Å². The van der Waals surface area contributed by atoms with E-state index in [4.69, 9.17) is 9.84 Å². The van der Waals surface area contributed by atoms with Crippen LogP contribution >= 0.6 is 0 Å². The molecule has 176 valence electrons. The van der Waals surface area contributed by atoms with Gasteiger partial charge in [0.1, 0.15) is 11.4 Å². The topological polar surface area (TPSA) is 50.6 Å². The molecule has 1 amide bonds. The molecule has 0 unspecified atom stereocenters. The minimum atomic E-state index is 0.221. The van der Waals surface area contributed by atoms with Gasteiger partial charge in [-0.2, -0.15) is 5.10 Å². The van der Waals surface area contributed by atoms with Gasteiger partial charge in [-0.1, -0.05) is 12.1 Å². The zero-order valence-electron chi connectivity index (χ0n) is 20.0. The number of likely N-dealkylation sites (tertiary alicyclic amines) is 1. The van der Waals surface area contributed by atoms with E-state index in [0.717, 1.165) is 49.6 Å². The van der Waals surface area contributed by atoms with Crippen molar-refractivity contribution in [2.45, 2.75) is 63.5 Å². The van der Waals surface area contributed by atoms with Crippen LogP contribution in [0.1, 0.15) is 71.9 Å². The molecule has 0 N–H and O–H groups in total. The summed E-state index contributed by atoms with van der Waals surface area (Å²) in [5, 5.41) is 4.71. The summed E-state index contributed by atoms with van der Waals surface area (Å²) < 4.78 is 7.24. The first-order valence-corrected chi connectivity index (χ1v) is 12.9. The third kappa shape index (κ3) is 3.67. The number of rotatable bonds is 3. The highest BCUT2D eigenvalue weighted by molar-refractivity contribution is 5.94. The van der Waals surface area contributed by atoms with E-state index in [-0.39, 0.29) is 5.91 Å². The molecule has 1 aliphatic carbocycles. The molecule has 6 nitrogen and oxygen atoms in total. The Morgan fingerprint density at radius 3 is 2.67 bits per heavy atom. The minimum absolute atomic E-state index is 0.221. The number of hydrogen-bond donors (Lipinski definition) is 0. The third-order valence-electron chi connectivity index (χ3n) is 8.70. The van der Waals surface area contributed by atoms with E-state index in [2.05, 4.69) is 34.1 Å². The fraction of sp³-hybridized carbons (Fsp3) is 0.630. The molecule has 4 aliphatic rings. The molecular formula is C27H36N4O2. The summed E-state index contributed by atoms with van der Waals surface area (Å²) in [7, 11) is 3.69. The Labute approximate surface area is 196 Å². The smallest absolute Gasteiger partial charge is 0.272 e. The molecule has 0 saturated carbocycles. The molecule has 1 aromatic carbocycles. The average molecular weight is 449 g/mol. The van der Waals surface area contributed by atoms with Gasteiger partial charge in [-0.15, -0.1) is 0 Å². The molecule has 0 radical (unpaired) electrons. The van der Waals surface area contributed by atoms with Crippen molar-refractivity contribution < 1.29 is 9.53 Å². The van der Waals surface area contributed by atoms with E-state index in [1.54, 1.807) is 7.11 Å². The van der Waals surface area contributed by atoms with Crippen molar-refractivity contribution >= 4 is 5.91 Å². The van der Waals surface area contributed by atoms with Crippen LogP contribution in [0.4, 0.5) is 0 Å². The van der Waals surface area contributed by atoms with Crippen molar-refractivity contribution in [3.8, 4) is 5.75 Å². The lowest BCUT2D eigenvalue weighted by Crippen LogP contribution is -2.60. The Hall–Kier alpha value is -2.34. The summed E-state index contributed by atoms with van der Waals surface area (Å²) in [6.45, 7) is 2.88. The summed E-state index contributed by atoms with van der Waals surface area (Å²) in [6, 6.07) is 9.76. The number of methoxy groups -OCH3 is 1. The van der Waals surface area contributed by atoms with Gasteiger partial charge >= 0.3 is 0 Å². The Bertz CT molecular complexity index is 1030. The van der Waals surface area contributed by atoms with Gasteiger partial charge in [0, 0.05) is 44.3 Å². The van der Waals surface area contributed by atoms with Gasteiger partial charge in [0.25, 0.3) is 5.91 Å². The number of amides is 1. The molecule has 3 fully saturated rings. The molecule has 3 aliphatic heterocycles. The second-order valence-corrected chi connectivity index (χ2v) is 10.7. The van der Waals surface area contributed by atoms with Gasteiger partial charge in [-0.3, -0.25) is 14.4 Å². The fourth-order valence-corrected chi connectivity index (χ4v) is 7.26. The Kier molecular flexibility index (Phi) is 5.44. The van der Waals surface area contributed by atoms with Crippen molar-refractivity contribution in [3.63, 3.8) is 0 Å². The standard InChI is InChI=1S/C27H36N4O2/c1-29-26(22-6-3-4-7-23(22)28-29)27(32)30-15-18-14-20(17-30)25-9-5-8-24(31(25)16-18)19-10-12-21(33-2)13-11-19/h10-13,18,20,24-25H,3-9,14-17H2,1-2H3/t18-,20+,24+,25-/m0/s1. The number of hydrogen-bond acceptors (Lipinski definition) is 4. The maximum Gasteiger partial charge on any atom is 0.272 e. The van der Waals surface area contributed by atoms with Gasteiger partial charge in [0.05, 0.1) is 12.8 Å². The molecule has 6 rings (SSSR count). The maximum absolute atomic E-state index is 13.7. The number of aryl methyl sites for hydroxylation is 2. The number of ether oxygens (including phenoxy) is 1. The van der Waals surface area contributed by atoms with Gasteiger partial charge in [0.15, 0.2) is 0 Å². The molecule has 6 heteroatoms. The second kappa shape index (κ2) is 8.46. The predicted octanol–water partition coefficient (Wildman–Crippen LogP) is 4.00. The van der Waals surface area contributed by atoms with Crippen LogP contribution in [0.2, 0.25) is 0 Å². The van der Waals surface area contributed by atoms with Crippen LogP contribution in [0.5, 0.6) is 5.75 Å². The van der Waals surface area contributed by atoms with E-state index in [9.17, 15) is 4.79 Å². The van der Waals surface area contributed by atoms with Gasteiger partial charge < -0.3 is 9.64 Å². The summed E-state index contributed by atoms with van der Waals surface area (Å²) in [5.74, 6) is 2.28. The van der Waals surface area contributed by atoms with E-state index in [1.165, 1.54) is 49.7 Å². The first-order chi connectivity index (χ1) is 16.1. The Balaban J connectivity index is 1.22.